The molecule has 0 aliphatic rings. The van der Waals surface area contributed by atoms with Gasteiger partial charge in [-0.3, -0.25) is 4.99 Å². The van der Waals surface area contributed by atoms with E-state index in [1.54, 1.807) is 14.2 Å². The number of rotatable bonds is 11. The van der Waals surface area contributed by atoms with Crippen LogP contribution in [-0.2, 0) is 21.1 Å². The molecule has 0 spiro atoms. The summed E-state index contributed by atoms with van der Waals surface area (Å²) < 4.78 is 38.1. The summed E-state index contributed by atoms with van der Waals surface area (Å²) in [4.78, 5) is 6.51. The molecule has 0 saturated heterocycles. The number of benzene rings is 1. The Morgan fingerprint density at radius 1 is 1.22 bits per heavy atom. The summed E-state index contributed by atoms with van der Waals surface area (Å²) in [6.07, 6.45) is 1.19. The van der Waals surface area contributed by atoms with Crippen molar-refractivity contribution in [2.45, 2.75) is 13.5 Å². The van der Waals surface area contributed by atoms with Gasteiger partial charge >= 0.3 is 0 Å². The molecule has 1 rings (SSSR count). The van der Waals surface area contributed by atoms with E-state index in [1.807, 2.05) is 37.1 Å². The highest BCUT2D eigenvalue weighted by atomic mass is 32.2. The highest BCUT2D eigenvalue weighted by Crippen LogP contribution is 2.25. The van der Waals surface area contributed by atoms with Gasteiger partial charge in [0.15, 0.2) is 5.96 Å². The topological polar surface area (TPSA) is 89.5 Å². The van der Waals surface area contributed by atoms with Crippen LogP contribution in [-0.4, -0.2) is 78.9 Å². The van der Waals surface area contributed by atoms with E-state index in [0.29, 0.717) is 19.7 Å². The second-order valence-corrected chi connectivity index (χ2v) is 8.27. The zero-order valence-corrected chi connectivity index (χ0v) is 17.6. The molecule has 0 radical (unpaired) electrons. The number of methoxy groups -OCH3 is 2. The van der Waals surface area contributed by atoms with Crippen molar-refractivity contribution in [2.75, 3.05) is 59.6 Å². The molecule has 154 valence electrons. The van der Waals surface area contributed by atoms with Crippen LogP contribution in [0.4, 0.5) is 0 Å². The molecule has 0 fully saturated rings. The molecule has 0 aliphatic carbocycles. The number of hydrogen-bond donors (Lipinski definition) is 1. The number of guanidine groups is 1. The first-order chi connectivity index (χ1) is 12.8. The summed E-state index contributed by atoms with van der Waals surface area (Å²) >= 11 is 0. The number of ether oxygens (including phenoxy) is 3. The number of aliphatic imine (C=N–C) groups is 1. The molecule has 1 aromatic carbocycles. The lowest BCUT2D eigenvalue weighted by Crippen LogP contribution is -2.38. The molecular formula is C18H31N3O5S. The Labute approximate surface area is 162 Å². The van der Waals surface area contributed by atoms with Gasteiger partial charge in [0.1, 0.15) is 21.3 Å². The first-order valence-electron chi connectivity index (χ1n) is 8.76. The summed E-state index contributed by atoms with van der Waals surface area (Å²) in [6.45, 7) is 4.33. The molecule has 0 atom stereocenters. The molecule has 0 heterocycles. The predicted octanol–water partition coefficient (Wildman–Crippen LogP) is 1.16. The van der Waals surface area contributed by atoms with Crippen LogP contribution in [0.25, 0.3) is 0 Å². The first-order valence-corrected chi connectivity index (χ1v) is 10.8. The fourth-order valence-electron chi connectivity index (χ4n) is 2.31. The minimum Gasteiger partial charge on any atom is -0.497 e. The number of hydrogen-bond acceptors (Lipinski definition) is 6. The van der Waals surface area contributed by atoms with Crippen molar-refractivity contribution in [1.29, 1.82) is 0 Å². The number of sulfone groups is 1. The van der Waals surface area contributed by atoms with Crippen LogP contribution in [0.2, 0.25) is 0 Å². The Bertz CT molecular complexity index is 707. The van der Waals surface area contributed by atoms with E-state index >= 15 is 0 Å². The maximum Gasteiger partial charge on any atom is 0.194 e. The number of nitrogens with one attached hydrogen (secondary N) is 1. The highest BCUT2D eigenvalue weighted by molar-refractivity contribution is 7.90. The van der Waals surface area contributed by atoms with Crippen LogP contribution in [0.3, 0.4) is 0 Å². The Kier molecular flexibility index (Phi) is 9.95. The molecule has 1 N–H and O–H groups in total. The Morgan fingerprint density at radius 2 is 1.96 bits per heavy atom. The van der Waals surface area contributed by atoms with Crippen molar-refractivity contribution in [3.05, 3.63) is 23.8 Å². The zero-order valence-electron chi connectivity index (χ0n) is 16.8. The normalized spacial score (nSPS) is 12.0. The quantitative estimate of drug-likeness (QED) is 0.338. The predicted molar refractivity (Wildman–Crippen MR) is 108 cm³/mol. The standard InChI is InChI=1S/C18H31N3O5S/c1-6-19-18(20-9-10-26-11-12-27(5,22)23)21(2)14-15-7-8-16(24-3)13-17(15)25-4/h7-8,13H,6,9-12,14H2,1-5H3,(H,19,20). The molecule has 8 nitrogen and oxygen atoms in total. The summed E-state index contributed by atoms with van der Waals surface area (Å²) in [5, 5.41) is 3.24. The second kappa shape index (κ2) is 11.7. The Hall–Kier alpha value is -2.00. The lowest BCUT2D eigenvalue weighted by atomic mass is 10.2. The molecule has 0 aromatic heterocycles. The van der Waals surface area contributed by atoms with Crippen LogP contribution in [0.5, 0.6) is 11.5 Å². The summed E-state index contributed by atoms with van der Waals surface area (Å²) in [6, 6.07) is 5.71. The molecule has 27 heavy (non-hydrogen) atoms. The van der Waals surface area contributed by atoms with Gasteiger partial charge < -0.3 is 24.4 Å². The molecule has 0 amide bonds. The van der Waals surface area contributed by atoms with Crippen molar-refractivity contribution < 1.29 is 22.6 Å². The number of nitrogens with zero attached hydrogens (tertiary/aromatic N) is 2. The van der Waals surface area contributed by atoms with E-state index in [1.165, 1.54) is 6.26 Å². The van der Waals surface area contributed by atoms with Crippen molar-refractivity contribution in [1.82, 2.24) is 10.2 Å². The first kappa shape index (κ1) is 23.0. The van der Waals surface area contributed by atoms with Gasteiger partial charge in [-0.1, -0.05) is 0 Å². The van der Waals surface area contributed by atoms with Gasteiger partial charge in [-0.2, -0.15) is 0 Å². The van der Waals surface area contributed by atoms with Gasteiger partial charge in [0.2, 0.25) is 0 Å². The van der Waals surface area contributed by atoms with E-state index in [0.717, 1.165) is 29.6 Å². The van der Waals surface area contributed by atoms with Gasteiger partial charge in [0, 0.05) is 38.0 Å². The molecule has 0 saturated carbocycles. The minimum absolute atomic E-state index is 0.0218. The molecule has 1 aromatic rings. The van der Waals surface area contributed by atoms with E-state index in [2.05, 4.69) is 10.3 Å². The average Bonchev–Trinajstić information content (AvgIpc) is 2.62. The van der Waals surface area contributed by atoms with Crippen LogP contribution in [0, 0.1) is 0 Å². The van der Waals surface area contributed by atoms with Gasteiger partial charge in [-0.25, -0.2) is 8.42 Å². The lowest BCUT2D eigenvalue weighted by molar-refractivity contribution is 0.157. The average molecular weight is 402 g/mol. The third kappa shape index (κ3) is 8.96. The van der Waals surface area contributed by atoms with Crippen LogP contribution < -0.4 is 14.8 Å². The van der Waals surface area contributed by atoms with E-state index in [4.69, 9.17) is 14.2 Å². The SMILES string of the molecule is CCNC(=NCCOCCS(C)(=O)=O)N(C)Cc1ccc(OC)cc1OC. The second-order valence-electron chi connectivity index (χ2n) is 6.01. The molecule has 0 bridgehead atoms. The van der Waals surface area contributed by atoms with Crippen LogP contribution in [0.1, 0.15) is 12.5 Å². The molecular weight excluding hydrogens is 370 g/mol. The summed E-state index contributed by atoms with van der Waals surface area (Å²) in [5.74, 6) is 2.25. The zero-order chi connectivity index (χ0) is 20.3. The van der Waals surface area contributed by atoms with E-state index < -0.39 is 9.84 Å². The smallest absolute Gasteiger partial charge is 0.194 e. The van der Waals surface area contributed by atoms with Crippen LogP contribution >= 0.6 is 0 Å². The van der Waals surface area contributed by atoms with Crippen molar-refractivity contribution in [2.24, 2.45) is 4.99 Å². The van der Waals surface area contributed by atoms with Crippen molar-refractivity contribution in [3.8, 4) is 11.5 Å². The van der Waals surface area contributed by atoms with E-state index in [-0.39, 0.29) is 12.4 Å². The van der Waals surface area contributed by atoms with Crippen LogP contribution in [0.15, 0.2) is 23.2 Å². The molecule has 9 heteroatoms. The molecule has 0 aliphatic heterocycles. The Balaban J connectivity index is 2.65. The van der Waals surface area contributed by atoms with E-state index in [9.17, 15) is 8.42 Å². The van der Waals surface area contributed by atoms with Gasteiger partial charge in [0.05, 0.1) is 39.7 Å². The molecule has 0 unspecified atom stereocenters. The maximum atomic E-state index is 11.1. The van der Waals surface area contributed by atoms with Crippen molar-refractivity contribution >= 4 is 15.8 Å². The third-order valence-corrected chi connectivity index (χ3v) is 4.60. The largest absolute Gasteiger partial charge is 0.497 e. The minimum atomic E-state index is -3.00. The highest BCUT2D eigenvalue weighted by Gasteiger charge is 2.11. The summed E-state index contributed by atoms with van der Waals surface area (Å²) in [7, 11) is 2.19. The van der Waals surface area contributed by atoms with Gasteiger partial charge in [0.25, 0.3) is 0 Å². The lowest BCUT2D eigenvalue weighted by Gasteiger charge is -2.23. The summed E-state index contributed by atoms with van der Waals surface area (Å²) in [5.41, 5.74) is 1.01. The monoisotopic (exact) mass is 401 g/mol. The maximum absolute atomic E-state index is 11.1. The Morgan fingerprint density at radius 3 is 2.56 bits per heavy atom. The fourth-order valence-corrected chi connectivity index (χ4v) is 2.73. The van der Waals surface area contributed by atoms with Crippen molar-refractivity contribution in [3.63, 3.8) is 0 Å². The third-order valence-electron chi connectivity index (χ3n) is 3.69. The van der Waals surface area contributed by atoms with Gasteiger partial charge in [-0.15, -0.1) is 0 Å². The fraction of sp³-hybridized carbons (Fsp3) is 0.611. The van der Waals surface area contributed by atoms with Gasteiger partial charge in [-0.05, 0) is 19.1 Å².